The van der Waals surface area contributed by atoms with Gasteiger partial charge < -0.3 is 5.32 Å². The average molecular weight is 179 g/mol. The van der Waals surface area contributed by atoms with Gasteiger partial charge in [-0.15, -0.1) is 0 Å². The molecule has 0 aliphatic heterocycles. The van der Waals surface area contributed by atoms with Crippen LogP contribution in [-0.2, 0) is 0 Å². The topological polar surface area (TPSA) is 12.0 Å². The van der Waals surface area contributed by atoms with Crippen LogP contribution in [0.25, 0.3) is 6.08 Å². The lowest BCUT2D eigenvalue weighted by molar-refractivity contribution is 0.625. The molecule has 0 amide bonds. The van der Waals surface area contributed by atoms with Gasteiger partial charge in [-0.1, -0.05) is 29.8 Å². The third-order valence-electron chi connectivity index (χ3n) is 1.76. The summed E-state index contributed by atoms with van der Waals surface area (Å²) in [6.45, 7) is 2.76. The van der Waals surface area contributed by atoms with Crippen molar-refractivity contribution >= 4 is 6.08 Å². The molecular formula is C11H14FN. The molecule has 13 heavy (non-hydrogen) atoms. The highest BCUT2D eigenvalue weighted by molar-refractivity contribution is 5.53. The van der Waals surface area contributed by atoms with Gasteiger partial charge in [-0.25, -0.2) is 4.39 Å². The minimum Gasteiger partial charge on any atom is -0.316 e. The highest BCUT2D eigenvalue weighted by Crippen LogP contribution is 2.10. The fraction of sp³-hybridized carbons (Fsp3) is 0.273. The van der Waals surface area contributed by atoms with Crippen LogP contribution in [0.4, 0.5) is 4.39 Å². The molecule has 0 aliphatic rings. The smallest absolute Gasteiger partial charge is 0.130 e. The van der Waals surface area contributed by atoms with Gasteiger partial charge in [0.2, 0.25) is 0 Å². The van der Waals surface area contributed by atoms with Crippen molar-refractivity contribution in [2.45, 2.75) is 6.92 Å². The minimum absolute atomic E-state index is 0.169. The second-order valence-corrected chi connectivity index (χ2v) is 3.04. The third kappa shape index (κ3) is 2.99. The third-order valence-corrected chi connectivity index (χ3v) is 1.76. The van der Waals surface area contributed by atoms with Gasteiger partial charge in [-0.05, 0) is 20.0 Å². The van der Waals surface area contributed by atoms with Crippen LogP contribution >= 0.6 is 0 Å². The van der Waals surface area contributed by atoms with E-state index in [2.05, 4.69) is 5.32 Å². The molecule has 2 heteroatoms. The molecule has 0 fully saturated rings. The molecule has 1 nitrogen and oxygen atoms in total. The Bertz CT molecular complexity index is 305. The summed E-state index contributed by atoms with van der Waals surface area (Å²) >= 11 is 0. The van der Waals surface area contributed by atoms with Gasteiger partial charge in [-0.2, -0.15) is 0 Å². The number of hydrogen-bond acceptors (Lipinski definition) is 1. The number of benzene rings is 1. The first kappa shape index (κ1) is 9.93. The van der Waals surface area contributed by atoms with Gasteiger partial charge in [0.15, 0.2) is 0 Å². The van der Waals surface area contributed by atoms with Crippen molar-refractivity contribution in [1.82, 2.24) is 5.32 Å². The lowest BCUT2D eigenvalue weighted by atomic mass is 10.1. The fourth-order valence-corrected chi connectivity index (χ4v) is 1.19. The zero-order chi connectivity index (χ0) is 9.68. The van der Waals surface area contributed by atoms with E-state index in [1.165, 1.54) is 6.07 Å². The molecule has 1 rings (SSSR count). The second kappa shape index (κ2) is 4.77. The van der Waals surface area contributed by atoms with Gasteiger partial charge in [0, 0.05) is 12.1 Å². The van der Waals surface area contributed by atoms with Crippen molar-refractivity contribution in [1.29, 1.82) is 0 Å². The van der Waals surface area contributed by atoms with Crippen molar-refractivity contribution < 1.29 is 4.39 Å². The summed E-state index contributed by atoms with van der Waals surface area (Å²) in [5, 5.41) is 3.02. The Balaban J connectivity index is 2.84. The standard InChI is InChI=1S/C11H14FN/c1-9(8-13-2)7-10-5-3-4-6-11(10)12/h3-7,13H,8H2,1-2H3. The van der Waals surface area contributed by atoms with E-state index in [0.717, 1.165) is 12.1 Å². The van der Waals surface area contributed by atoms with Crippen LogP contribution in [0, 0.1) is 5.82 Å². The van der Waals surface area contributed by atoms with E-state index in [1.54, 1.807) is 12.1 Å². The molecule has 0 atom stereocenters. The van der Waals surface area contributed by atoms with E-state index in [1.807, 2.05) is 26.1 Å². The average Bonchev–Trinajstić information content (AvgIpc) is 2.09. The molecule has 1 aromatic carbocycles. The van der Waals surface area contributed by atoms with Crippen molar-refractivity contribution in [2.75, 3.05) is 13.6 Å². The van der Waals surface area contributed by atoms with Gasteiger partial charge in [0.25, 0.3) is 0 Å². The van der Waals surface area contributed by atoms with Crippen LogP contribution in [0.15, 0.2) is 29.8 Å². The van der Waals surface area contributed by atoms with Gasteiger partial charge in [0.05, 0.1) is 0 Å². The molecular weight excluding hydrogens is 165 g/mol. The summed E-state index contributed by atoms with van der Waals surface area (Å²) in [6.07, 6.45) is 1.85. The van der Waals surface area contributed by atoms with Crippen LogP contribution in [0.3, 0.4) is 0 Å². The zero-order valence-corrected chi connectivity index (χ0v) is 7.97. The van der Waals surface area contributed by atoms with Crippen molar-refractivity contribution in [2.24, 2.45) is 0 Å². The quantitative estimate of drug-likeness (QED) is 0.751. The highest BCUT2D eigenvalue weighted by atomic mass is 19.1. The van der Waals surface area contributed by atoms with E-state index in [4.69, 9.17) is 0 Å². The Morgan fingerprint density at radius 2 is 2.15 bits per heavy atom. The van der Waals surface area contributed by atoms with E-state index in [-0.39, 0.29) is 5.82 Å². The van der Waals surface area contributed by atoms with Crippen molar-refractivity contribution in [3.63, 3.8) is 0 Å². The fourth-order valence-electron chi connectivity index (χ4n) is 1.19. The summed E-state index contributed by atoms with van der Waals surface area (Å²) in [4.78, 5) is 0. The van der Waals surface area contributed by atoms with E-state index < -0.39 is 0 Å². The Morgan fingerprint density at radius 3 is 2.77 bits per heavy atom. The lowest BCUT2D eigenvalue weighted by Gasteiger charge is -2.00. The van der Waals surface area contributed by atoms with Gasteiger partial charge >= 0.3 is 0 Å². The van der Waals surface area contributed by atoms with Crippen LogP contribution < -0.4 is 5.32 Å². The summed E-state index contributed by atoms with van der Waals surface area (Å²) in [7, 11) is 1.87. The number of likely N-dealkylation sites (N-methyl/N-ethyl adjacent to an activating group) is 1. The van der Waals surface area contributed by atoms with Crippen LogP contribution in [-0.4, -0.2) is 13.6 Å². The molecule has 0 saturated carbocycles. The van der Waals surface area contributed by atoms with Crippen LogP contribution in [0.1, 0.15) is 12.5 Å². The Morgan fingerprint density at radius 1 is 1.46 bits per heavy atom. The number of rotatable bonds is 3. The first-order valence-electron chi connectivity index (χ1n) is 4.30. The van der Waals surface area contributed by atoms with E-state index in [9.17, 15) is 4.39 Å². The largest absolute Gasteiger partial charge is 0.316 e. The molecule has 0 aliphatic carbocycles. The summed E-state index contributed by atoms with van der Waals surface area (Å²) in [5.74, 6) is -0.169. The molecule has 1 N–H and O–H groups in total. The first-order chi connectivity index (χ1) is 6.24. The summed E-state index contributed by atoms with van der Waals surface area (Å²) < 4.78 is 13.1. The predicted molar refractivity (Wildman–Crippen MR) is 54.0 cm³/mol. The van der Waals surface area contributed by atoms with E-state index in [0.29, 0.717) is 5.56 Å². The summed E-state index contributed by atoms with van der Waals surface area (Å²) in [6, 6.07) is 6.77. The van der Waals surface area contributed by atoms with Gasteiger partial charge in [-0.3, -0.25) is 0 Å². The normalized spacial score (nSPS) is 11.8. The molecule has 0 bridgehead atoms. The molecule has 0 radical (unpaired) electrons. The number of nitrogens with one attached hydrogen (secondary N) is 1. The molecule has 70 valence electrons. The van der Waals surface area contributed by atoms with Crippen molar-refractivity contribution in [3.8, 4) is 0 Å². The maximum atomic E-state index is 13.1. The van der Waals surface area contributed by atoms with E-state index >= 15 is 0 Å². The zero-order valence-electron chi connectivity index (χ0n) is 7.97. The predicted octanol–water partition coefficient (Wildman–Crippen LogP) is 2.45. The molecule has 0 heterocycles. The first-order valence-corrected chi connectivity index (χ1v) is 4.30. The van der Waals surface area contributed by atoms with Gasteiger partial charge in [0.1, 0.15) is 5.82 Å². The van der Waals surface area contributed by atoms with Crippen LogP contribution in [0.2, 0.25) is 0 Å². The molecule has 0 saturated heterocycles. The summed E-state index contributed by atoms with van der Waals surface area (Å²) in [5.41, 5.74) is 1.77. The van der Waals surface area contributed by atoms with Crippen molar-refractivity contribution in [3.05, 3.63) is 41.2 Å². The maximum absolute atomic E-state index is 13.1. The Kier molecular flexibility index (Phi) is 3.65. The monoisotopic (exact) mass is 179 g/mol. The minimum atomic E-state index is -0.169. The molecule has 0 spiro atoms. The molecule has 0 unspecified atom stereocenters. The molecule has 0 aromatic heterocycles. The molecule has 1 aromatic rings. The van der Waals surface area contributed by atoms with Crippen LogP contribution in [0.5, 0.6) is 0 Å². The number of hydrogen-bond donors (Lipinski definition) is 1. The SMILES string of the molecule is CNCC(C)=Cc1ccccc1F. The Labute approximate surface area is 78.3 Å². The lowest BCUT2D eigenvalue weighted by Crippen LogP contribution is -2.08. The second-order valence-electron chi connectivity index (χ2n) is 3.04. The highest BCUT2D eigenvalue weighted by Gasteiger charge is 1.96. The maximum Gasteiger partial charge on any atom is 0.130 e. The Hall–Kier alpha value is -1.15. The number of halogens is 1.